The highest BCUT2D eigenvalue weighted by Gasteiger charge is 2.43. The van der Waals surface area contributed by atoms with Crippen molar-refractivity contribution in [3.05, 3.63) is 56.7 Å². The first-order chi connectivity index (χ1) is 12.0. The Hall–Kier alpha value is -1.49. The summed E-state index contributed by atoms with van der Waals surface area (Å²) < 4.78 is 31.6. The number of hydrogen-bond donors (Lipinski definition) is 3. The van der Waals surface area contributed by atoms with Crippen LogP contribution < -0.4 is 0 Å². The molecule has 0 radical (unpaired) electrons. The fraction of sp³-hybridized carbons (Fsp3) is 0.312. The fourth-order valence-corrected chi connectivity index (χ4v) is 4.12. The maximum absolute atomic E-state index is 12.0. The lowest BCUT2D eigenvalue weighted by Crippen LogP contribution is -2.51. The van der Waals surface area contributed by atoms with Crippen molar-refractivity contribution in [1.82, 2.24) is 4.90 Å². The van der Waals surface area contributed by atoms with Gasteiger partial charge in [-0.15, -0.1) is 11.3 Å². The SMILES string of the molecule is C[C@@](C(=O)O)(c1ccccc1Cl)N1CCc2sccc2C1.O=S(=O)(O)O. The summed E-state index contributed by atoms with van der Waals surface area (Å²) in [6, 6.07) is 9.29. The van der Waals surface area contributed by atoms with Crippen LogP contribution in [-0.4, -0.2) is 40.0 Å². The lowest BCUT2D eigenvalue weighted by molar-refractivity contribution is -0.152. The first-order valence-corrected chi connectivity index (χ1v) is 10.2. The molecule has 0 fully saturated rings. The molecule has 1 aliphatic rings. The zero-order valence-electron chi connectivity index (χ0n) is 13.8. The van der Waals surface area contributed by atoms with Crippen LogP contribution in [0.1, 0.15) is 22.9 Å². The number of carboxylic acids is 1. The van der Waals surface area contributed by atoms with Gasteiger partial charge in [-0.3, -0.25) is 14.0 Å². The van der Waals surface area contributed by atoms with Gasteiger partial charge < -0.3 is 5.11 Å². The monoisotopic (exact) mass is 419 g/mol. The Balaban J connectivity index is 0.000000431. The molecule has 0 aliphatic carbocycles. The summed E-state index contributed by atoms with van der Waals surface area (Å²) in [5.74, 6) is -0.866. The summed E-state index contributed by atoms with van der Waals surface area (Å²) in [7, 11) is -4.67. The summed E-state index contributed by atoms with van der Waals surface area (Å²) >= 11 is 8.01. The largest absolute Gasteiger partial charge is 0.480 e. The molecule has 3 rings (SSSR count). The quantitative estimate of drug-likeness (QED) is 0.654. The van der Waals surface area contributed by atoms with E-state index in [2.05, 4.69) is 11.4 Å². The minimum Gasteiger partial charge on any atom is -0.480 e. The first-order valence-electron chi connectivity index (χ1n) is 7.52. The summed E-state index contributed by atoms with van der Waals surface area (Å²) in [6.07, 6.45) is 0.889. The van der Waals surface area contributed by atoms with Crippen molar-refractivity contribution in [2.45, 2.75) is 25.4 Å². The maximum atomic E-state index is 12.0. The number of nitrogens with zero attached hydrogens (tertiary/aromatic N) is 1. The number of carboxylic acid groups (broad SMARTS) is 1. The summed E-state index contributed by atoms with van der Waals surface area (Å²) in [6.45, 7) is 3.11. The fourth-order valence-electron chi connectivity index (χ4n) is 2.91. The zero-order chi connectivity index (χ0) is 19.5. The Morgan fingerprint density at radius 1 is 1.27 bits per heavy atom. The zero-order valence-corrected chi connectivity index (χ0v) is 16.2. The number of fused-ring (bicyclic) bond motifs is 1. The van der Waals surface area contributed by atoms with E-state index in [-0.39, 0.29) is 0 Å². The highest BCUT2D eigenvalue weighted by molar-refractivity contribution is 7.79. The Morgan fingerprint density at radius 2 is 1.88 bits per heavy atom. The second-order valence-electron chi connectivity index (χ2n) is 5.85. The first kappa shape index (κ1) is 20.8. The molecule has 1 atom stereocenters. The molecule has 3 N–H and O–H groups in total. The molecule has 1 aromatic carbocycles. The van der Waals surface area contributed by atoms with Gasteiger partial charge in [0.2, 0.25) is 0 Å². The third kappa shape index (κ3) is 4.81. The van der Waals surface area contributed by atoms with E-state index in [4.69, 9.17) is 29.1 Å². The van der Waals surface area contributed by atoms with E-state index < -0.39 is 21.9 Å². The minimum atomic E-state index is -4.67. The van der Waals surface area contributed by atoms with Gasteiger partial charge >= 0.3 is 16.4 Å². The molecule has 2 aromatic rings. The van der Waals surface area contributed by atoms with E-state index in [0.29, 0.717) is 17.1 Å². The average Bonchev–Trinajstić information content (AvgIpc) is 3.00. The number of thiophene rings is 1. The molecule has 26 heavy (non-hydrogen) atoms. The van der Waals surface area contributed by atoms with Gasteiger partial charge in [0.25, 0.3) is 0 Å². The second kappa shape index (κ2) is 8.03. The molecule has 0 unspecified atom stereocenters. The number of hydrogen-bond acceptors (Lipinski definition) is 5. The van der Waals surface area contributed by atoms with Crippen LogP contribution in [0.15, 0.2) is 35.7 Å². The third-order valence-corrected chi connectivity index (χ3v) is 5.61. The van der Waals surface area contributed by atoms with Crippen molar-refractivity contribution >= 4 is 39.3 Å². The second-order valence-corrected chi connectivity index (χ2v) is 8.15. The molecule has 10 heteroatoms. The Kier molecular flexibility index (Phi) is 6.43. The standard InChI is InChI=1S/C16H16ClNO2S.H2O4S/c1-16(15(19)20,12-4-2-3-5-13(12)17)18-8-6-14-11(10-18)7-9-21-14;1-5(2,3)4/h2-5,7,9H,6,8,10H2,1H3,(H,19,20);(H2,1,2,3,4)/t16-;/m0./s1. The number of aliphatic carboxylic acids is 1. The molecular formula is C16H18ClNO6S2. The van der Waals surface area contributed by atoms with Crippen LogP contribution in [0, 0.1) is 0 Å². The predicted molar refractivity (Wildman–Crippen MR) is 99.1 cm³/mol. The Labute approximate surface area is 160 Å². The predicted octanol–water partition coefficient (Wildman–Crippen LogP) is 3.11. The van der Waals surface area contributed by atoms with Crippen LogP contribution in [0.25, 0.3) is 0 Å². The van der Waals surface area contributed by atoms with E-state index >= 15 is 0 Å². The normalized spacial score (nSPS) is 16.8. The lowest BCUT2D eigenvalue weighted by Gasteiger charge is -2.40. The van der Waals surface area contributed by atoms with Crippen molar-refractivity contribution in [2.75, 3.05) is 6.54 Å². The van der Waals surface area contributed by atoms with Crippen molar-refractivity contribution in [3.63, 3.8) is 0 Å². The van der Waals surface area contributed by atoms with Crippen LogP contribution in [0.5, 0.6) is 0 Å². The van der Waals surface area contributed by atoms with Gasteiger partial charge in [0.1, 0.15) is 5.54 Å². The number of rotatable bonds is 3. The minimum absolute atomic E-state index is 0.499. The smallest absolute Gasteiger partial charge is 0.394 e. The number of benzene rings is 1. The third-order valence-electron chi connectivity index (χ3n) is 4.25. The van der Waals surface area contributed by atoms with E-state index in [1.54, 1.807) is 30.4 Å². The summed E-state index contributed by atoms with van der Waals surface area (Å²) in [5, 5.41) is 12.4. The van der Waals surface area contributed by atoms with Gasteiger partial charge in [0.15, 0.2) is 0 Å². The van der Waals surface area contributed by atoms with Crippen molar-refractivity contribution < 1.29 is 27.4 Å². The van der Waals surface area contributed by atoms with Gasteiger partial charge in [-0.25, -0.2) is 4.79 Å². The average molecular weight is 420 g/mol. The molecule has 0 saturated heterocycles. The lowest BCUT2D eigenvalue weighted by atomic mass is 9.88. The summed E-state index contributed by atoms with van der Waals surface area (Å²) in [5.41, 5.74) is 0.765. The molecule has 0 bridgehead atoms. The van der Waals surface area contributed by atoms with Gasteiger partial charge in [-0.1, -0.05) is 29.8 Å². The van der Waals surface area contributed by atoms with Gasteiger partial charge in [-0.05, 0) is 36.4 Å². The van der Waals surface area contributed by atoms with Gasteiger partial charge in [-0.2, -0.15) is 8.42 Å². The van der Waals surface area contributed by atoms with Crippen molar-refractivity contribution in [1.29, 1.82) is 0 Å². The number of halogens is 1. The van der Waals surface area contributed by atoms with Crippen LogP contribution in [0.2, 0.25) is 5.02 Å². The van der Waals surface area contributed by atoms with E-state index in [0.717, 1.165) is 13.0 Å². The van der Waals surface area contributed by atoms with Gasteiger partial charge in [0, 0.05) is 28.6 Å². The van der Waals surface area contributed by atoms with E-state index in [1.165, 1.54) is 10.4 Å². The van der Waals surface area contributed by atoms with Crippen molar-refractivity contribution in [3.8, 4) is 0 Å². The van der Waals surface area contributed by atoms with E-state index in [9.17, 15) is 9.90 Å². The van der Waals surface area contributed by atoms with Crippen LogP contribution >= 0.6 is 22.9 Å². The number of carbonyl (C=O) groups is 1. The van der Waals surface area contributed by atoms with Crippen LogP contribution in [0.4, 0.5) is 0 Å². The Bertz CT molecular complexity index is 890. The topological polar surface area (TPSA) is 115 Å². The molecule has 0 spiro atoms. The molecule has 1 aliphatic heterocycles. The molecule has 0 saturated carbocycles. The molecule has 0 amide bonds. The molecule has 2 heterocycles. The van der Waals surface area contributed by atoms with E-state index in [1.807, 2.05) is 17.0 Å². The van der Waals surface area contributed by atoms with Crippen molar-refractivity contribution in [2.24, 2.45) is 0 Å². The molecule has 7 nitrogen and oxygen atoms in total. The highest BCUT2D eigenvalue weighted by Crippen LogP contribution is 2.37. The molecule has 142 valence electrons. The maximum Gasteiger partial charge on any atom is 0.394 e. The van der Waals surface area contributed by atoms with Gasteiger partial charge in [0.05, 0.1) is 0 Å². The van der Waals surface area contributed by atoms with Crippen LogP contribution in [-0.2, 0) is 33.7 Å². The Morgan fingerprint density at radius 3 is 2.46 bits per heavy atom. The van der Waals surface area contributed by atoms with Crippen LogP contribution in [0.3, 0.4) is 0 Å². The highest BCUT2D eigenvalue weighted by atomic mass is 35.5. The summed E-state index contributed by atoms with van der Waals surface area (Å²) in [4.78, 5) is 15.4. The molecule has 1 aromatic heterocycles. The molecular weight excluding hydrogens is 402 g/mol.